The third-order valence-electron chi connectivity index (χ3n) is 7.22. The number of likely N-dealkylation sites (tertiary alicyclic amines) is 2. The van der Waals surface area contributed by atoms with Crippen molar-refractivity contribution in [1.82, 2.24) is 14.8 Å². The van der Waals surface area contributed by atoms with Crippen LogP contribution in [0.5, 0.6) is 0 Å². The second kappa shape index (κ2) is 8.10. The minimum absolute atomic E-state index is 0.0632. The molecule has 0 bridgehead atoms. The quantitative estimate of drug-likeness (QED) is 0.823. The Bertz CT molecular complexity index is 864. The van der Waals surface area contributed by atoms with Crippen LogP contribution in [0.2, 0.25) is 0 Å². The van der Waals surface area contributed by atoms with Crippen molar-refractivity contribution in [1.29, 1.82) is 0 Å². The molecule has 0 aliphatic carbocycles. The fourth-order valence-electron chi connectivity index (χ4n) is 5.70. The van der Waals surface area contributed by atoms with Crippen molar-refractivity contribution in [3.8, 4) is 0 Å². The largest absolute Gasteiger partial charge is 0.395 e. The number of aliphatic hydroxyl groups is 1. The van der Waals surface area contributed by atoms with Gasteiger partial charge in [0.1, 0.15) is 0 Å². The molecule has 1 aromatic carbocycles. The third-order valence-corrected chi connectivity index (χ3v) is 7.22. The number of aliphatic hydroxyl groups excluding tert-OH is 1. The van der Waals surface area contributed by atoms with Crippen molar-refractivity contribution in [3.05, 3.63) is 66.0 Å². The Morgan fingerprint density at radius 3 is 2.47 bits per heavy atom. The molecule has 0 radical (unpaired) electrons. The van der Waals surface area contributed by atoms with Crippen LogP contribution < -0.4 is 0 Å². The van der Waals surface area contributed by atoms with Gasteiger partial charge in [0.05, 0.1) is 12.1 Å². The maximum Gasteiger partial charge on any atom is 0.254 e. The predicted molar refractivity (Wildman–Crippen MR) is 113 cm³/mol. The summed E-state index contributed by atoms with van der Waals surface area (Å²) in [5.41, 5.74) is 1.86. The highest BCUT2D eigenvalue weighted by molar-refractivity contribution is 5.95. The Balaban J connectivity index is 1.39. The molecule has 5 rings (SSSR count). The van der Waals surface area contributed by atoms with Gasteiger partial charge in [-0.2, -0.15) is 0 Å². The Hall–Kier alpha value is -2.28. The van der Waals surface area contributed by atoms with E-state index >= 15 is 0 Å². The molecule has 158 valence electrons. The van der Waals surface area contributed by atoms with Crippen molar-refractivity contribution in [2.75, 3.05) is 39.5 Å². The lowest BCUT2D eigenvalue weighted by molar-refractivity contribution is -0.186. The highest BCUT2D eigenvalue weighted by atomic mass is 16.5. The van der Waals surface area contributed by atoms with Crippen molar-refractivity contribution in [3.63, 3.8) is 0 Å². The number of hydrogen-bond donors (Lipinski definition) is 1. The summed E-state index contributed by atoms with van der Waals surface area (Å²) in [6, 6.07) is 14.1. The first-order chi connectivity index (χ1) is 14.7. The van der Waals surface area contributed by atoms with Crippen LogP contribution in [0.4, 0.5) is 0 Å². The summed E-state index contributed by atoms with van der Waals surface area (Å²) >= 11 is 0. The smallest absolute Gasteiger partial charge is 0.254 e. The van der Waals surface area contributed by atoms with Gasteiger partial charge in [-0.1, -0.05) is 30.3 Å². The molecule has 1 aromatic heterocycles. The molecule has 0 saturated carbocycles. The van der Waals surface area contributed by atoms with Gasteiger partial charge in [0.25, 0.3) is 5.91 Å². The van der Waals surface area contributed by atoms with Crippen LogP contribution in [0.3, 0.4) is 0 Å². The molecule has 30 heavy (non-hydrogen) atoms. The molecule has 3 fully saturated rings. The average Bonchev–Trinajstić information content (AvgIpc) is 2.77. The second-order valence-electron chi connectivity index (χ2n) is 8.85. The maximum atomic E-state index is 13.0. The monoisotopic (exact) mass is 407 g/mol. The van der Waals surface area contributed by atoms with Crippen LogP contribution in [0.1, 0.15) is 34.7 Å². The standard InChI is InChI=1S/C24H29N3O3/c28-15-21-22(19-4-2-1-3-5-19)24(27(21)14-18-8-12-30-13-9-18)16-26(17-24)23(29)20-6-10-25-11-7-20/h1-7,10-11,18,21-22,28H,8-9,12-17H2/t21-,22+/m1/s1. The summed E-state index contributed by atoms with van der Waals surface area (Å²) in [5, 5.41) is 10.3. The van der Waals surface area contributed by atoms with Crippen LogP contribution in [0.25, 0.3) is 0 Å². The van der Waals surface area contributed by atoms with Gasteiger partial charge >= 0.3 is 0 Å². The number of pyridine rings is 1. The number of aromatic nitrogens is 1. The Kier molecular flexibility index (Phi) is 5.31. The van der Waals surface area contributed by atoms with Gasteiger partial charge < -0.3 is 14.7 Å². The van der Waals surface area contributed by atoms with E-state index < -0.39 is 0 Å². The van der Waals surface area contributed by atoms with E-state index in [1.807, 2.05) is 11.0 Å². The van der Waals surface area contributed by atoms with Crippen molar-refractivity contribution < 1.29 is 14.6 Å². The van der Waals surface area contributed by atoms with Crippen LogP contribution >= 0.6 is 0 Å². The minimum atomic E-state index is -0.0876. The van der Waals surface area contributed by atoms with Crippen molar-refractivity contribution >= 4 is 5.91 Å². The van der Waals surface area contributed by atoms with E-state index in [0.717, 1.165) is 32.6 Å². The minimum Gasteiger partial charge on any atom is -0.395 e. The summed E-state index contributed by atoms with van der Waals surface area (Å²) in [7, 11) is 0. The zero-order chi connectivity index (χ0) is 20.6. The normalized spacial score (nSPS) is 26.2. The van der Waals surface area contributed by atoms with Crippen LogP contribution in [0.15, 0.2) is 54.9 Å². The molecule has 0 unspecified atom stereocenters. The summed E-state index contributed by atoms with van der Waals surface area (Å²) in [6.07, 6.45) is 5.47. The highest BCUT2D eigenvalue weighted by Gasteiger charge is 2.66. The van der Waals surface area contributed by atoms with E-state index in [-0.39, 0.29) is 30.0 Å². The maximum absolute atomic E-state index is 13.0. The molecule has 6 heteroatoms. The molecule has 3 aliphatic heterocycles. The topological polar surface area (TPSA) is 65.9 Å². The van der Waals surface area contributed by atoms with Gasteiger partial charge in [-0.15, -0.1) is 0 Å². The average molecular weight is 408 g/mol. The first-order valence-corrected chi connectivity index (χ1v) is 10.9. The van der Waals surface area contributed by atoms with Crippen molar-refractivity contribution in [2.24, 2.45) is 5.92 Å². The summed E-state index contributed by atoms with van der Waals surface area (Å²) in [6.45, 7) is 4.16. The summed E-state index contributed by atoms with van der Waals surface area (Å²) < 4.78 is 5.54. The van der Waals surface area contributed by atoms with E-state index in [9.17, 15) is 9.90 Å². The molecular weight excluding hydrogens is 378 g/mol. The SMILES string of the molecule is O=C(c1ccncc1)N1CC2(C1)[C@@H](c1ccccc1)[C@@H](CO)N2CC1CCOCC1. The van der Waals surface area contributed by atoms with E-state index in [2.05, 4.69) is 34.1 Å². The summed E-state index contributed by atoms with van der Waals surface area (Å²) in [4.78, 5) is 21.4. The van der Waals surface area contributed by atoms with Gasteiger partial charge in [0.2, 0.25) is 0 Å². The molecular formula is C24H29N3O3. The predicted octanol–water partition coefficient (Wildman–Crippen LogP) is 2.16. The number of carbonyl (C=O) groups is 1. The molecule has 1 N–H and O–H groups in total. The number of nitrogens with zero attached hydrogens (tertiary/aromatic N) is 3. The fourth-order valence-corrected chi connectivity index (χ4v) is 5.70. The van der Waals surface area contributed by atoms with Gasteiger partial charge in [-0.05, 0) is 36.5 Å². The van der Waals surface area contributed by atoms with E-state index in [4.69, 9.17) is 4.74 Å². The molecule has 1 spiro atoms. The van der Waals surface area contributed by atoms with Crippen LogP contribution in [-0.4, -0.2) is 76.8 Å². The fraction of sp³-hybridized carbons (Fsp3) is 0.500. The molecule has 4 heterocycles. The number of rotatable bonds is 5. The van der Waals surface area contributed by atoms with Crippen LogP contribution in [-0.2, 0) is 4.74 Å². The Morgan fingerprint density at radius 1 is 1.10 bits per heavy atom. The molecule has 3 saturated heterocycles. The van der Waals surface area contributed by atoms with Crippen LogP contribution in [0, 0.1) is 5.92 Å². The number of benzene rings is 1. The zero-order valence-corrected chi connectivity index (χ0v) is 17.2. The first-order valence-electron chi connectivity index (χ1n) is 10.9. The van der Waals surface area contributed by atoms with Gasteiger partial charge in [0.15, 0.2) is 0 Å². The van der Waals surface area contributed by atoms with E-state index in [1.54, 1.807) is 24.5 Å². The number of ether oxygens (including phenoxy) is 1. The van der Waals surface area contributed by atoms with E-state index in [0.29, 0.717) is 24.6 Å². The van der Waals surface area contributed by atoms with Crippen molar-refractivity contribution in [2.45, 2.75) is 30.3 Å². The Labute approximate surface area is 177 Å². The molecule has 1 amide bonds. The lowest BCUT2D eigenvalue weighted by Crippen LogP contribution is -2.85. The van der Waals surface area contributed by atoms with Gasteiger partial charge in [-0.25, -0.2) is 0 Å². The van der Waals surface area contributed by atoms with Gasteiger partial charge in [0, 0.05) is 62.8 Å². The van der Waals surface area contributed by atoms with E-state index in [1.165, 1.54) is 5.56 Å². The summed E-state index contributed by atoms with van der Waals surface area (Å²) in [5.74, 6) is 0.893. The highest BCUT2D eigenvalue weighted by Crippen LogP contribution is 2.54. The Morgan fingerprint density at radius 2 is 1.80 bits per heavy atom. The van der Waals surface area contributed by atoms with Gasteiger partial charge in [-0.3, -0.25) is 14.7 Å². The zero-order valence-electron chi connectivity index (χ0n) is 17.2. The second-order valence-corrected chi connectivity index (χ2v) is 8.85. The lowest BCUT2D eigenvalue weighted by atomic mass is 9.60. The molecule has 3 aliphatic rings. The number of hydrogen-bond acceptors (Lipinski definition) is 5. The third kappa shape index (κ3) is 3.23. The lowest BCUT2D eigenvalue weighted by Gasteiger charge is -2.71. The number of amides is 1. The first kappa shape index (κ1) is 19.7. The number of carbonyl (C=O) groups excluding carboxylic acids is 1. The molecule has 6 nitrogen and oxygen atoms in total. The molecule has 2 atom stereocenters. The molecule has 2 aromatic rings.